The van der Waals surface area contributed by atoms with Gasteiger partial charge in [0.1, 0.15) is 11.6 Å². The summed E-state index contributed by atoms with van der Waals surface area (Å²) in [6, 6.07) is 13.5. The summed E-state index contributed by atoms with van der Waals surface area (Å²) in [5, 5.41) is 16.6. The number of unbranched alkanes of at least 4 members (excludes halogenated alkanes) is 1. The molecular formula is C34H44N4O5. The molecule has 2 heterocycles. The highest BCUT2D eigenvalue weighted by atomic mass is 16.3. The quantitative estimate of drug-likeness (QED) is 0.366. The second-order valence-electron chi connectivity index (χ2n) is 12.5. The number of piperazine rings is 1. The van der Waals surface area contributed by atoms with Crippen molar-refractivity contribution in [2.75, 3.05) is 26.7 Å². The second-order valence-corrected chi connectivity index (χ2v) is 12.5. The number of nitrogens with one attached hydrogen (secondary N) is 2. The Labute approximate surface area is 254 Å². The summed E-state index contributed by atoms with van der Waals surface area (Å²) in [6.45, 7) is 4.68. The molecule has 1 saturated carbocycles. The van der Waals surface area contributed by atoms with Crippen molar-refractivity contribution in [2.45, 2.75) is 88.4 Å². The number of ketones is 1. The molecule has 2 aromatic carbocycles. The standard InChI is InChI=1S/C34H44N4O5/c1-3-4-19-38-31(41)28(22-33(43)15-5-6-16-33)36-32(42)34(38)17-20-37(21-18-34)23-24-7-9-25(10-8-24)29(39)26-11-13-27(14-12-26)30(40)35-2/h7-14,28,43H,3-6,15-23H2,1-2H3,(H,35,40)(H,36,42)/t28-/m1/s1. The third-order valence-corrected chi connectivity index (χ3v) is 9.60. The van der Waals surface area contributed by atoms with Crippen molar-refractivity contribution in [3.05, 3.63) is 70.8 Å². The van der Waals surface area contributed by atoms with E-state index < -0.39 is 17.2 Å². The fourth-order valence-electron chi connectivity index (χ4n) is 6.95. The minimum atomic E-state index is -0.866. The lowest BCUT2D eigenvalue weighted by molar-refractivity contribution is -0.163. The van der Waals surface area contributed by atoms with E-state index >= 15 is 0 Å². The number of benzene rings is 2. The molecule has 2 aliphatic heterocycles. The largest absolute Gasteiger partial charge is 0.390 e. The predicted molar refractivity (Wildman–Crippen MR) is 164 cm³/mol. The van der Waals surface area contributed by atoms with Crippen LogP contribution in [0.1, 0.15) is 96.6 Å². The van der Waals surface area contributed by atoms with Gasteiger partial charge in [0.15, 0.2) is 5.78 Å². The van der Waals surface area contributed by atoms with Crippen LogP contribution in [0.2, 0.25) is 0 Å². The third kappa shape index (κ3) is 6.53. The average Bonchev–Trinajstić information content (AvgIpc) is 3.46. The van der Waals surface area contributed by atoms with Gasteiger partial charge in [0.25, 0.3) is 5.91 Å². The van der Waals surface area contributed by atoms with E-state index in [0.717, 1.165) is 31.2 Å². The molecule has 0 unspecified atom stereocenters. The number of hydrogen-bond acceptors (Lipinski definition) is 6. The van der Waals surface area contributed by atoms with E-state index in [1.807, 2.05) is 29.2 Å². The molecule has 2 aromatic rings. The molecule has 2 saturated heterocycles. The molecule has 1 aliphatic carbocycles. The Balaban J connectivity index is 1.21. The molecule has 3 N–H and O–H groups in total. The highest BCUT2D eigenvalue weighted by Gasteiger charge is 2.54. The van der Waals surface area contributed by atoms with Crippen LogP contribution < -0.4 is 10.6 Å². The topological polar surface area (TPSA) is 119 Å². The molecule has 9 heteroatoms. The summed E-state index contributed by atoms with van der Waals surface area (Å²) in [4.78, 5) is 56.3. The molecule has 1 spiro atoms. The van der Waals surface area contributed by atoms with Crippen LogP contribution >= 0.6 is 0 Å². The number of carbonyl (C=O) groups is 4. The molecule has 9 nitrogen and oxygen atoms in total. The van der Waals surface area contributed by atoms with E-state index in [4.69, 9.17) is 0 Å². The number of nitrogens with zero attached hydrogens (tertiary/aromatic N) is 2. The first-order valence-electron chi connectivity index (χ1n) is 15.7. The van der Waals surface area contributed by atoms with Gasteiger partial charge in [0.05, 0.1) is 5.60 Å². The summed E-state index contributed by atoms with van der Waals surface area (Å²) in [5.74, 6) is -0.432. The number of carbonyl (C=O) groups excluding carboxylic acids is 4. The van der Waals surface area contributed by atoms with E-state index in [2.05, 4.69) is 22.5 Å². The maximum atomic E-state index is 13.7. The fourth-order valence-corrected chi connectivity index (χ4v) is 6.95. The Morgan fingerprint density at radius 3 is 2.09 bits per heavy atom. The predicted octanol–water partition coefficient (Wildman–Crippen LogP) is 3.43. The van der Waals surface area contributed by atoms with Crippen LogP contribution in [0.5, 0.6) is 0 Å². The highest BCUT2D eigenvalue weighted by Crippen LogP contribution is 2.38. The maximum Gasteiger partial charge on any atom is 0.251 e. The first-order chi connectivity index (χ1) is 20.7. The van der Waals surface area contributed by atoms with Crippen LogP contribution in [0.25, 0.3) is 0 Å². The van der Waals surface area contributed by atoms with Crippen molar-refractivity contribution in [3.63, 3.8) is 0 Å². The van der Waals surface area contributed by atoms with Gasteiger partial charge in [0.2, 0.25) is 11.8 Å². The summed E-state index contributed by atoms with van der Waals surface area (Å²) in [7, 11) is 1.57. The average molecular weight is 589 g/mol. The number of piperidine rings is 1. The SMILES string of the molecule is CCCCN1C(=O)[C@@H](CC2(O)CCCC2)NC(=O)C12CCN(Cc1ccc(C(=O)c3ccc(C(=O)NC)cc3)cc1)CC2. The monoisotopic (exact) mass is 588 g/mol. The normalized spacial score (nSPS) is 21.6. The van der Waals surface area contributed by atoms with Gasteiger partial charge in [-0.25, -0.2) is 0 Å². The molecule has 0 bridgehead atoms. The Kier molecular flexibility index (Phi) is 9.32. The van der Waals surface area contributed by atoms with E-state index in [-0.39, 0.29) is 23.5 Å². The molecule has 3 fully saturated rings. The molecule has 3 amide bonds. The first-order valence-corrected chi connectivity index (χ1v) is 15.7. The summed E-state index contributed by atoms with van der Waals surface area (Å²) >= 11 is 0. The van der Waals surface area contributed by atoms with Crippen molar-refractivity contribution in [1.29, 1.82) is 0 Å². The Hall–Kier alpha value is -3.56. The summed E-state index contributed by atoms with van der Waals surface area (Å²) in [6.07, 6.45) is 6.47. The Morgan fingerprint density at radius 1 is 0.930 bits per heavy atom. The first kappa shape index (κ1) is 30.9. The van der Waals surface area contributed by atoms with Gasteiger partial charge in [-0.2, -0.15) is 0 Å². The lowest BCUT2D eigenvalue weighted by Gasteiger charge is -2.52. The van der Waals surface area contributed by atoms with Crippen molar-refractivity contribution in [3.8, 4) is 0 Å². The van der Waals surface area contributed by atoms with Gasteiger partial charge in [-0.15, -0.1) is 0 Å². The smallest absolute Gasteiger partial charge is 0.251 e. The van der Waals surface area contributed by atoms with Crippen LogP contribution in [-0.2, 0) is 16.1 Å². The number of rotatable bonds is 10. The molecule has 0 aromatic heterocycles. The molecule has 0 radical (unpaired) electrons. The van der Waals surface area contributed by atoms with E-state index in [1.54, 1.807) is 31.3 Å². The van der Waals surface area contributed by atoms with Gasteiger partial charge < -0.3 is 20.6 Å². The number of aliphatic hydroxyl groups is 1. The zero-order valence-corrected chi connectivity index (χ0v) is 25.4. The van der Waals surface area contributed by atoms with Crippen molar-refractivity contribution in [1.82, 2.24) is 20.4 Å². The van der Waals surface area contributed by atoms with Gasteiger partial charge in [-0.1, -0.05) is 62.6 Å². The molecule has 230 valence electrons. The molecular weight excluding hydrogens is 544 g/mol. The molecule has 1 atom stereocenters. The van der Waals surface area contributed by atoms with E-state index in [1.165, 1.54) is 0 Å². The third-order valence-electron chi connectivity index (χ3n) is 9.60. The number of amides is 3. The van der Waals surface area contributed by atoms with Crippen LogP contribution in [0.3, 0.4) is 0 Å². The lowest BCUT2D eigenvalue weighted by atomic mass is 9.80. The highest BCUT2D eigenvalue weighted by molar-refractivity contribution is 6.09. The number of hydrogen-bond donors (Lipinski definition) is 3. The van der Waals surface area contributed by atoms with Crippen molar-refractivity contribution in [2.24, 2.45) is 0 Å². The lowest BCUT2D eigenvalue weighted by Crippen LogP contribution is -2.73. The van der Waals surface area contributed by atoms with Crippen LogP contribution in [-0.4, -0.2) is 82.3 Å². The minimum absolute atomic E-state index is 0.0506. The fraction of sp³-hybridized carbons (Fsp3) is 0.529. The maximum absolute atomic E-state index is 13.7. The minimum Gasteiger partial charge on any atom is -0.390 e. The van der Waals surface area contributed by atoms with Gasteiger partial charge >= 0.3 is 0 Å². The zero-order chi connectivity index (χ0) is 30.6. The van der Waals surface area contributed by atoms with Gasteiger partial charge in [-0.05, 0) is 49.8 Å². The van der Waals surface area contributed by atoms with Crippen LogP contribution in [0.15, 0.2) is 48.5 Å². The van der Waals surface area contributed by atoms with Crippen molar-refractivity contribution < 1.29 is 24.3 Å². The van der Waals surface area contributed by atoms with E-state index in [9.17, 15) is 24.3 Å². The Morgan fingerprint density at radius 2 is 1.51 bits per heavy atom. The summed E-state index contributed by atoms with van der Waals surface area (Å²) < 4.78 is 0. The summed E-state index contributed by atoms with van der Waals surface area (Å²) in [5.41, 5.74) is 0.962. The molecule has 3 aliphatic rings. The van der Waals surface area contributed by atoms with Crippen LogP contribution in [0.4, 0.5) is 0 Å². The van der Waals surface area contributed by atoms with Gasteiger partial charge in [0, 0.05) is 56.3 Å². The molecule has 5 rings (SSSR count). The zero-order valence-electron chi connectivity index (χ0n) is 25.4. The van der Waals surface area contributed by atoms with E-state index in [0.29, 0.717) is 75.0 Å². The molecule has 43 heavy (non-hydrogen) atoms. The van der Waals surface area contributed by atoms with Crippen LogP contribution in [0, 0.1) is 0 Å². The Bertz CT molecular complexity index is 1330. The second kappa shape index (κ2) is 13.0. The van der Waals surface area contributed by atoms with Gasteiger partial charge in [-0.3, -0.25) is 24.1 Å². The number of likely N-dealkylation sites (tertiary alicyclic amines) is 1. The van der Waals surface area contributed by atoms with Crippen molar-refractivity contribution >= 4 is 23.5 Å².